The van der Waals surface area contributed by atoms with Crippen LogP contribution in [0.5, 0.6) is 0 Å². The molecule has 1 aromatic heterocycles. The number of nitrogens with zero attached hydrogens (tertiary/aromatic N) is 2. The molecule has 104 valence electrons. The Hall–Kier alpha value is -2.74. The van der Waals surface area contributed by atoms with Gasteiger partial charge in [-0.25, -0.2) is 0 Å². The summed E-state index contributed by atoms with van der Waals surface area (Å²) in [4.78, 5) is 20.3. The monoisotopic (exact) mass is 277 g/mol. The fourth-order valence-corrected chi connectivity index (χ4v) is 1.75. The standard InChI is InChI=1S/C12H11N3O5/c1-13-7-11-2-3-12(20-11)8-4-9(14(16)17)6-10(5-8)15(18)19/h2-6,13H,7H2,1H3. The molecule has 0 atom stereocenters. The van der Waals surface area contributed by atoms with Gasteiger partial charge in [-0.2, -0.15) is 0 Å². The van der Waals surface area contributed by atoms with Gasteiger partial charge < -0.3 is 9.73 Å². The number of nitro groups is 2. The number of hydrogen-bond acceptors (Lipinski definition) is 6. The zero-order valence-electron chi connectivity index (χ0n) is 10.5. The minimum Gasteiger partial charge on any atom is -0.460 e. The maximum Gasteiger partial charge on any atom is 0.277 e. The summed E-state index contributed by atoms with van der Waals surface area (Å²) in [7, 11) is 1.75. The second-order valence-corrected chi connectivity index (χ2v) is 4.05. The van der Waals surface area contributed by atoms with E-state index in [4.69, 9.17) is 4.42 Å². The second-order valence-electron chi connectivity index (χ2n) is 4.05. The van der Waals surface area contributed by atoms with Crippen molar-refractivity contribution in [3.8, 4) is 11.3 Å². The zero-order valence-corrected chi connectivity index (χ0v) is 10.5. The largest absolute Gasteiger partial charge is 0.460 e. The quantitative estimate of drug-likeness (QED) is 0.663. The molecule has 8 heteroatoms. The fraction of sp³-hybridized carbons (Fsp3) is 0.167. The van der Waals surface area contributed by atoms with Crippen LogP contribution in [0.3, 0.4) is 0 Å². The molecule has 0 aliphatic rings. The third-order valence-corrected chi connectivity index (χ3v) is 2.62. The highest BCUT2D eigenvalue weighted by Crippen LogP contribution is 2.30. The number of furan rings is 1. The normalized spacial score (nSPS) is 10.4. The molecular weight excluding hydrogens is 266 g/mol. The van der Waals surface area contributed by atoms with E-state index in [0.717, 1.165) is 6.07 Å². The van der Waals surface area contributed by atoms with Gasteiger partial charge in [0.25, 0.3) is 11.4 Å². The van der Waals surface area contributed by atoms with Crippen LogP contribution in [0.4, 0.5) is 11.4 Å². The summed E-state index contributed by atoms with van der Waals surface area (Å²) in [6, 6.07) is 6.73. The molecule has 0 spiro atoms. The van der Waals surface area contributed by atoms with Crippen molar-refractivity contribution >= 4 is 11.4 Å². The second kappa shape index (κ2) is 5.49. The Morgan fingerprint density at radius 1 is 1.10 bits per heavy atom. The van der Waals surface area contributed by atoms with Gasteiger partial charge >= 0.3 is 0 Å². The Morgan fingerprint density at radius 3 is 2.20 bits per heavy atom. The Morgan fingerprint density at radius 2 is 1.70 bits per heavy atom. The van der Waals surface area contributed by atoms with Gasteiger partial charge in [0.15, 0.2) is 0 Å². The molecule has 0 saturated heterocycles. The number of non-ortho nitro benzene ring substituents is 2. The van der Waals surface area contributed by atoms with Crippen molar-refractivity contribution in [2.24, 2.45) is 0 Å². The van der Waals surface area contributed by atoms with E-state index >= 15 is 0 Å². The molecule has 0 amide bonds. The van der Waals surface area contributed by atoms with E-state index in [1.807, 2.05) is 0 Å². The molecule has 0 radical (unpaired) electrons. The number of nitrogens with one attached hydrogen (secondary N) is 1. The average molecular weight is 277 g/mol. The highest BCUT2D eigenvalue weighted by molar-refractivity contribution is 5.65. The molecule has 2 rings (SSSR count). The Bertz CT molecular complexity index is 633. The first kappa shape index (κ1) is 13.7. The smallest absolute Gasteiger partial charge is 0.277 e. The van der Waals surface area contributed by atoms with Crippen LogP contribution in [0.25, 0.3) is 11.3 Å². The minimum atomic E-state index is -0.673. The zero-order chi connectivity index (χ0) is 14.7. The summed E-state index contributed by atoms with van der Waals surface area (Å²) in [5.74, 6) is 0.985. The van der Waals surface area contributed by atoms with Gasteiger partial charge in [-0.15, -0.1) is 0 Å². The summed E-state index contributed by atoms with van der Waals surface area (Å²) in [5, 5.41) is 24.5. The van der Waals surface area contributed by atoms with Gasteiger partial charge in [-0.05, 0) is 19.2 Å². The van der Waals surface area contributed by atoms with E-state index in [1.165, 1.54) is 12.1 Å². The van der Waals surface area contributed by atoms with Gasteiger partial charge in [-0.3, -0.25) is 20.2 Å². The lowest BCUT2D eigenvalue weighted by atomic mass is 10.1. The van der Waals surface area contributed by atoms with Crippen molar-refractivity contribution in [1.29, 1.82) is 0 Å². The van der Waals surface area contributed by atoms with Crippen molar-refractivity contribution in [2.45, 2.75) is 6.54 Å². The SMILES string of the molecule is CNCc1ccc(-c2cc([N+](=O)[O-])cc([N+](=O)[O-])c2)o1. The Balaban J connectivity index is 2.48. The van der Waals surface area contributed by atoms with Crippen molar-refractivity contribution in [3.05, 3.63) is 56.3 Å². The third kappa shape index (κ3) is 2.81. The van der Waals surface area contributed by atoms with Crippen molar-refractivity contribution in [3.63, 3.8) is 0 Å². The minimum absolute atomic E-state index is 0.299. The Labute approximate surface area is 113 Å². The van der Waals surface area contributed by atoms with Crippen LogP contribution in [0.1, 0.15) is 5.76 Å². The molecule has 0 aliphatic carbocycles. The summed E-state index contributed by atoms with van der Waals surface area (Å²) in [5.41, 5.74) is -0.394. The molecule has 0 fully saturated rings. The van der Waals surface area contributed by atoms with Gasteiger partial charge in [0.05, 0.1) is 22.5 Å². The van der Waals surface area contributed by atoms with Crippen LogP contribution in [0.2, 0.25) is 0 Å². The van der Waals surface area contributed by atoms with E-state index in [-0.39, 0.29) is 11.4 Å². The van der Waals surface area contributed by atoms with Gasteiger partial charge in [0.2, 0.25) is 0 Å². The van der Waals surface area contributed by atoms with Crippen LogP contribution in [0, 0.1) is 20.2 Å². The number of hydrogen-bond donors (Lipinski definition) is 1. The molecule has 1 heterocycles. The fourth-order valence-electron chi connectivity index (χ4n) is 1.75. The molecule has 1 N–H and O–H groups in total. The van der Waals surface area contributed by atoms with E-state index in [1.54, 1.807) is 19.2 Å². The van der Waals surface area contributed by atoms with E-state index in [9.17, 15) is 20.2 Å². The lowest BCUT2D eigenvalue weighted by Gasteiger charge is -1.99. The summed E-state index contributed by atoms with van der Waals surface area (Å²) in [6.07, 6.45) is 0. The predicted octanol–water partition coefficient (Wildman–Crippen LogP) is 2.48. The predicted molar refractivity (Wildman–Crippen MR) is 70.2 cm³/mol. The lowest BCUT2D eigenvalue weighted by molar-refractivity contribution is -0.394. The van der Waals surface area contributed by atoms with Crippen LogP contribution in [-0.4, -0.2) is 16.9 Å². The van der Waals surface area contributed by atoms with E-state index in [2.05, 4.69) is 5.32 Å². The molecule has 8 nitrogen and oxygen atoms in total. The molecule has 0 bridgehead atoms. The first-order valence-corrected chi connectivity index (χ1v) is 5.69. The van der Waals surface area contributed by atoms with Crippen LogP contribution >= 0.6 is 0 Å². The third-order valence-electron chi connectivity index (χ3n) is 2.62. The first-order chi connectivity index (χ1) is 9.51. The average Bonchev–Trinajstić information content (AvgIpc) is 2.87. The van der Waals surface area contributed by atoms with Gasteiger partial charge in [0, 0.05) is 17.7 Å². The summed E-state index contributed by atoms with van der Waals surface area (Å²) >= 11 is 0. The lowest BCUT2D eigenvalue weighted by Crippen LogP contribution is -2.03. The number of benzene rings is 1. The molecule has 0 unspecified atom stereocenters. The van der Waals surface area contributed by atoms with Crippen LogP contribution in [-0.2, 0) is 6.54 Å². The van der Waals surface area contributed by atoms with Crippen LogP contribution < -0.4 is 5.32 Å². The number of nitro benzene ring substituents is 2. The maximum absolute atomic E-state index is 10.8. The molecule has 2 aromatic rings. The summed E-state index contributed by atoms with van der Waals surface area (Å²) in [6.45, 7) is 0.497. The highest BCUT2D eigenvalue weighted by Gasteiger charge is 2.18. The Kier molecular flexibility index (Phi) is 3.76. The van der Waals surface area contributed by atoms with E-state index < -0.39 is 9.85 Å². The van der Waals surface area contributed by atoms with E-state index in [0.29, 0.717) is 23.6 Å². The molecule has 1 aromatic carbocycles. The molecule has 0 aliphatic heterocycles. The highest BCUT2D eigenvalue weighted by atomic mass is 16.6. The van der Waals surface area contributed by atoms with Crippen molar-refractivity contribution in [2.75, 3.05) is 7.05 Å². The first-order valence-electron chi connectivity index (χ1n) is 5.69. The maximum atomic E-state index is 10.8. The van der Waals surface area contributed by atoms with Gasteiger partial charge in [0.1, 0.15) is 11.5 Å². The molecule has 0 saturated carbocycles. The topological polar surface area (TPSA) is 111 Å². The van der Waals surface area contributed by atoms with Crippen molar-refractivity contribution < 1.29 is 14.3 Å². The van der Waals surface area contributed by atoms with Crippen LogP contribution in [0.15, 0.2) is 34.7 Å². The number of rotatable bonds is 5. The molecule has 20 heavy (non-hydrogen) atoms. The van der Waals surface area contributed by atoms with Crippen molar-refractivity contribution in [1.82, 2.24) is 5.32 Å². The van der Waals surface area contributed by atoms with Gasteiger partial charge in [-0.1, -0.05) is 0 Å². The molecular formula is C12H11N3O5. The summed E-state index contributed by atoms with van der Waals surface area (Å²) < 4.78 is 5.47.